The molecule has 9 aromatic carbocycles. The third kappa shape index (κ3) is 6.04. The Morgan fingerprint density at radius 1 is 0.357 bits per heavy atom. The van der Waals surface area contributed by atoms with E-state index in [1.165, 1.54) is 67.9 Å². The van der Waals surface area contributed by atoms with E-state index in [4.69, 9.17) is 19.4 Å². The third-order valence-electron chi connectivity index (χ3n) is 13.8. The quantitative estimate of drug-likeness (QED) is 0.166. The first-order valence-corrected chi connectivity index (χ1v) is 24.9. The van der Waals surface area contributed by atoms with Crippen LogP contribution in [-0.2, 0) is 0 Å². The van der Waals surface area contributed by atoms with Crippen molar-refractivity contribution in [3.63, 3.8) is 0 Å². The maximum atomic E-state index is 6.29. The summed E-state index contributed by atoms with van der Waals surface area (Å²) in [5.41, 5.74) is 12.3. The van der Waals surface area contributed by atoms with Gasteiger partial charge in [-0.3, -0.25) is 4.98 Å². The number of aromatic nitrogens is 5. The number of para-hydroxylation sites is 1. The van der Waals surface area contributed by atoms with Gasteiger partial charge in [0.25, 0.3) is 0 Å². The summed E-state index contributed by atoms with van der Waals surface area (Å²) in [6.45, 7) is 0. The Balaban J connectivity index is 0.854. The number of rotatable bonds is 6. The van der Waals surface area contributed by atoms with Crippen LogP contribution in [0.4, 0.5) is 0 Å². The highest BCUT2D eigenvalue weighted by Crippen LogP contribution is 2.44. The van der Waals surface area contributed by atoms with Crippen LogP contribution in [0.1, 0.15) is 0 Å². The van der Waals surface area contributed by atoms with Crippen LogP contribution in [-0.4, -0.2) is 24.5 Å². The van der Waals surface area contributed by atoms with Gasteiger partial charge in [0, 0.05) is 90.5 Å². The SMILES string of the molecule is c1cc(-c2ccc(-n3c4ccccc4c4c(-c5ccc6sc7ccccc7c6c5)cccc43)cc2)cc(-c2nc(-c3cccc4oc5cnccc5c34)nc(-c3cccc4sc5ccccc5c34)n2)c1. The fourth-order valence-corrected chi connectivity index (χ4v) is 12.9. The molecule has 0 radical (unpaired) electrons. The van der Waals surface area contributed by atoms with Crippen molar-refractivity contribution in [2.75, 3.05) is 0 Å². The summed E-state index contributed by atoms with van der Waals surface area (Å²) >= 11 is 3.64. The van der Waals surface area contributed by atoms with Crippen LogP contribution in [0.3, 0.4) is 0 Å². The van der Waals surface area contributed by atoms with Crippen molar-refractivity contribution < 1.29 is 4.42 Å². The molecule has 0 spiro atoms. The molecule has 0 saturated heterocycles. The second kappa shape index (κ2) is 15.3. The normalized spacial score (nSPS) is 12.0. The van der Waals surface area contributed by atoms with Gasteiger partial charge in [0.05, 0.1) is 17.2 Å². The molecule has 6 aromatic heterocycles. The fraction of sp³-hybridized carbons (Fsp3) is 0. The molecule has 0 unspecified atom stereocenters. The first-order chi connectivity index (χ1) is 34.7. The van der Waals surface area contributed by atoms with Crippen molar-refractivity contribution in [3.8, 4) is 62.1 Å². The average Bonchev–Trinajstić information content (AvgIpc) is 4.20. The molecule has 326 valence electrons. The highest BCUT2D eigenvalue weighted by Gasteiger charge is 2.21. The molecule has 6 heterocycles. The molecule has 0 aliphatic rings. The Morgan fingerprint density at radius 3 is 1.86 bits per heavy atom. The van der Waals surface area contributed by atoms with Crippen LogP contribution in [0.15, 0.2) is 217 Å². The lowest BCUT2D eigenvalue weighted by Gasteiger charge is -2.12. The molecule has 70 heavy (non-hydrogen) atoms. The molecule has 0 amide bonds. The Bertz CT molecular complexity index is 4480. The van der Waals surface area contributed by atoms with E-state index in [-0.39, 0.29) is 0 Å². The lowest BCUT2D eigenvalue weighted by Crippen LogP contribution is -2.01. The number of thiophene rings is 2. The molecule has 0 bridgehead atoms. The zero-order chi connectivity index (χ0) is 45.9. The van der Waals surface area contributed by atoms with Gasteiger partial charge in [0.1, 0.15) is 5.58 Å². The molecule has 0 aliphatic heterocycles. The minimum Gasteiger partial charge on any atom is -0.454 e. The maximum absolute atomic E-state index is 6.29. The average molecular weight is 930 g/mol. The topological polar surface area (TPSA) is 69.6 Å². The number of fused-ring (bicyclic) bond motifs is 12. The van der Waals surface area contributed by atoms with E-state index in [2.05, 4.69) is 192 Å². The standard InChI is InChI=1S/C62H35N5OS2/c1-4-19-49-43(14-1)57-41(38-27-30-55-48(34-38)42-13-2-5-22-53(42)69-55)16-8-20-50(57)67(49)40-28-25-36(26-29-40)37-11-7-12-39(33-37)60-64-61(46-17-9-21-51-58(46)44-31-32-63-35-52(44)68-51)66-62(65-60)47-18-10-24-56-59(47)45-15-3-6-23-54(45)70-56/h1-35H. The van der Waals surface area contributed by atoms with Crippen molar-refractivity contribution in [1.82, 2.24) is 24.5 Å². The minimum absolute atomic E-state index is 0.575. The van der Waals surface area contributed by atoms with E-state index in [9.17, 15) is 0 Å². The Labute approximate surface area is 408 Å². The molecule has 0 saturated carbocycles. The van der Waals surface area contributed by atoms with Gasteiger partial charge in [-0.1, -0.05) is 127 Å². The fourth-order valence-electron chi connectivity index (χ4n) is 10.6. The number of pyridine rings is 1. The zero-order valence-corrected chi connectivity index (χ0v) is 38.8. The van der Waals surface area contributed by atoms with E-state index >= 15 is 0 Å². The van der Waals surface area contributed by atoms with Crippen LogP contribution in [0.25, 0.3) is 146 Å². The lowest BCUT2D eigenvalue weighted by atomic mass is 9.98. The molecule has 0 N–H and O–H groups in total. The summed E-state index contributed by atoms with van der Waals surface area (Å²) in [6, 6.07) is 71.6. The number of furan rings is 1. The van der Waals surface area contributed by atoms with Gasteiger partial charge in [-0.25, -0.2) is 15.0 Å². The van der Waals surface area contributed by atoms with Crippen molar-refractivity contribution in [2.45, 2.75) is 0 Å². The Hall–Kier alpha value is -8.82. The molecule has 6 nitrogen and oxygen atoms in total. The zero-order valence-electron chi connectivity index (χ0n) is 37.2. The van der Waals surface area contributed by atoms with Crippen molar-refractivity contribution in [3.05, 3.63) is 213 Å². The van der Waals surface area contributed by atoms with Crippen molar-refractivity contribution in [2.24, 2.45) is 0 Å². The van der Waals surface area contributed by atoms with E-state index in [1.807, 2.05) is 29.5 Å². The molecule has 0 atom stereocenters. The van der Waals surface area contributed by atoms with Gasteiger partial charge in [-0.2, -0.15) is 0 Å². The highest BCUT2D eigenvalue weighted by atomic mass is 32.1. The second-order valence-corrected chi connectivity index (χ2v) is 19.9. The van der Waals surface area contributed by atoms with Gasteiger partial charge in [-0.15, -0.1) is 22.7 Å². The predicted octanol–water partition coefficient (Wildman–Crippen LogP) is 17.3. The maximum Gasteiger partial charge on any atom is 0.164 e. The van der Waals surface area contributed by atoms with Gasteiger partial charge in [0.2, 0.25) is 0 Å². The molecule has 0 aliphatic carbocycles. The molecule has 15 aromatic rings. The lowest BCUT2D eigenvalue weighted by molar-refractivity contribution is 0.667. The third-order valence-corrected chi connectivity index (χ3v) is 16.1. The van der Waals surface area contributed by atoms with E-state index in [0.717, 1.165) is 60.8 Å². The second-order valence-electron chi connectivity index (χ2n) is 17.7. The van der Waals surface area contributed by atoms with Gasteiger partial charge in [-0.05, 0) is 95.1 Å². The summed E-state index contributed by atoms with van der Waals surface area (Å²) < 4.78 is 13.7. The number of nitrogens with zero attached hydrogens (tertiary/aromatic N) is 5. The van der Waals surface area contributed by atoms with Crippen LogP contribution in [0.5, 0.6) is 0 Å². The van der Waals surface area contributed by atoms with Crippen molar-refractivity contribution in [1.29, 1.82) is 0 Å². The smallest absolute Gasteiger partial charge is 0.164 e. The Kier molecular flexibility index (Phi) is 8.60. The van der Waals surface area contributed by atoms with Crippen LogP contribution >= 0.6 is 22.7 Å². The van der Waals surface area contributed by atoms with Gasteiger partial charge < -0.3 is 8.98 Å². The monoisotopic (exact) mass is 929 g/mol. The Morgan fingerprint density at radius 2 is 0.986 bits per heavy atom. The summed E-state index contributed by atoms with van der Waals surface area (Å²) in [5.74, 6) is 1.78. The summed E-state index contributed by atoms with van der Waals surface area (Å²) in [7, 11) is 0. The highest BCUT2D eigenvalue weighted by molar-refractivity contribution is 7.26. The predicted molar refractivity (Wildman–Crippen MR) is 292 cm³/mol. The summed E-state index contributed by atoms with van der Waals surface area (Å²) in [4.78, 5) is 20.2. The van der Waals surface area contributed by atoms with E-state index < -0.39 is 0 Å². The molecule has 8 heteroatoms. The first-order valence-electron chi connectivity index (χ1n) is 23.3. The molecular formula is C62H35N5OS2. The van der Waals surface area contributed by atoms with E-state index in [1.54, 1.807) is 23.7 Å². The molecule has 15 rings (SSSR count). The number of benzene rings is 9. The van der Waals surface area contributed by atoms with Crippen LogP contribution in [0.2, 0.25) is 0 Å². The summed E-state index contributed by atoms with van der Waals surface area (Å²) in [5, 5.41) is 9.34. The van der Waals surface area contributed by atoms with Gasteiger partial charge in [0.15, 0.2) is 23.1 Å². The van der Waals surface area contributed by atoms with Crippen LogP contribution < -0.4 is 0 Å². The van der Waals surface area contributed by atoms with Crippen molar-refractivity contribution >= 4 is 107 Å². The summed E-state index contributed by atoms with van der Waals surface area (Å²) in [6.07, 6.45) is 3.56. The van der Waals surface area contributed by atoms with Crippen LogP contribution in [0, 0.1) is 0 Å². The van der Waals surface area contributed by atoms with Gasteiger partial charge >= 0.3 is 0 Å². The minimum atomic E-state index is 0.575. The number of hydrogen-bond donors (Lipinski definition) is 0. The largest absolute Gasteiger partial charge is 0.454 e. The van der Waals surface area contributed by atoms with E-state index in [0.29, 0.717) is 17.5 Å². The molecular weight excluding hydrogens is 895 g/mol. The first kappa shape index (κ1) is 39.2. The molecule has 0 fully saturated rings. The number of hydrogen-bond acceptors (Lipinski definition) is 7.